The third-order valence-corrected chi connectivity index (χ3v) is 2.65. The number of carbonyl (C=O) groups is 1. The van der Waals surface area contributed by atoms with Crippen molar-refractivity contribution in [3.63, 3.8) is 0 Å². The van der Waals surface area contributed by atoms with Crippen molar-refractivity contribution >= 4 is 28.4 Å². The molecule has 0 aliphatic rings. The fourth-order valence-corrected chi connectivity index (χ4v) is 1.74. The lowest BCUT2D eigenvalue weighted by Gasteiger charge is -2.05. The van der Waals surface area contributed by atoms with Gasteiger partial charge in [0.25, 0.3) is 10.8 Å². The average Bonchev–Trinajstić information content (AvgIpc) is 2.30. The molecule has 0 atom stereocenters. The predicted molar refractivity (Wildman–Crippen MR) is 65.6 cm³/mol. The van der Waals surface area contributed by atoms with Crippen LogP contribution in [0.25, 0.3) is 5.69 Å². The van der Waals surface area contributed by atoms with Gasteiger partial charge in [0.05, 0.1) is 16.3 Å². The van der Waals surface area contributed by atoms with E-state index in [1.165, 1.54) is 18.2 Å². The summed E-state index contributed by atoms with van der Waals surface area (Å²) in [5, 5.41) is 3.05. The number of H-pyrrole nitrogens is 1. The third kappa shape index (κ3) is 2.34. The molecule has 92 valence electrons. The zero-order valence-electron chi connectivity index (χ0n) is 8.68. The topological polar surface area (TPSA) is 84.8 Å². The standard InChI is InChI=1S/C10H5Cl2N3O3/c11-7-2-1-5(3-6(7)9(12)17)15-10(18)14-8(16)4-13-15/h1-4H,(H,14,16,18). The maximum atomic E-state index is 11.5. The smallest absolute Gasteiger partial charge is 0.276 e. The van der Waals surface area contributed by atoms with Gasteiger partial charge in [0.1, 0.15) is 6.20 Å². The first-order chi connectivity index (χ1) is 8.49. The first-order valence-electron chi connectivity index (χ1n) is 4.67. The van der Waals surface area contributed by atoms with Crippen LogP contribution < -0.4 is 11.2 Å². The summed E-state index contributed by atoms with van der Waals surface area (Å²) in [5.41, 5.74) is -1.02. The summed E-state index contributed by atoms with van der Waals surface area (Å²) >= 11 is 11.1. The lowest BCUT2D eigenvalue weighted by atomic mass is 10.2. The van der Waals surface area contributed by atoms with Crippen LogP contribution in [0.1, 0.15) is 10.4 Å². The third-order valence-electron chi connectivity index (χ3n) is 2.12. The van der Waals surface area contributed by atoms with Crippen molar-refractivity contribution in [2.24, 2.45) is 0 Å². The number of nitrogens with zero attached hydrogens (tertiary/aromatic N) is 2. The van der Waals surface area contributed by atoms with Gasteiger partial charge < -0.3 is 0 Å². The first kappa shape index (κ1) is 12.5. The number of hydrogen-bond donors (Lipinski definition) is 1. The highest BCUT2D eigenvalue weighted by molar-refractivity contribution is 6.68. The number of aromatic amines is 1. The van der Waals surface area contributed by atoms with Crippen LogP contribution in [0.3, 0.4) is 0 Å². The molecule has 1 heterocycles. The predicted octanol–water partition coefficient (Wildman–Crippen LogP) is 0.953. The van der Waals surface area contributed by atoms with E-state index in [-0.39, 0.29) is 16.3 Å². The Kier molecular flexibility index (Phi) is 3.31. The number of aromatic nitrogens is 3. The molecular formula is C10H5Cl2N3O3. The van der Waals surface area contributed by atoms with Crippen LogP contribution in [0.4, 0.5) is 0 Å². The minimum atomic E-state index is -0.751. The molecule has 0 aliphatic carbocycles. The molecule has 8 heteroatoms. The van der Waals surface area contributed by atoms with E-state index < -0.39 is 16.5 Å². The van der Waals surface area contributed by atoms with Crippen LogP contribution in [0.15, 0.2) is 34.0 Å². The lowest BCUT2D eigenvalue weighted by molar-refractivity contribution is 0.108. The molecule has 18 heavy (non-hydrogen) atoms. The molecule has 0 saturated heterocycles. The van der Waals surface area contributed by atoms with Gasteiger partial charge >= 0.3 is 5.69 Å². The second-order valence-electron chi connectivity index (χ2n) is 3.29. The van der Waals surface area contributed by atoms with E-state index in [4.69, 9.17) is 23.2 Å². The second kappa shape index (κ2) is 4.75. The van der Waals surface area contributed by atoms with Crippen LogP contribution in [0, 0.1) is 0 Å². The van der Waals surface area contributed by atoms with E-state index in [9.17, 15) is 14.4 Å². The number of nitrogens with one attached hydrogen (secondary N) is 1. The van der Waals surface area contributed by atoms with Crippen LogP contribution in [0.2, 0.25) is 5.02 Å². The number of hydrogen-bond acceptors (Lipinski definition) is 4. The maximum absolute atomic E-state index is 11.5. The molecule has 1 aromatic carbocycles. The molecule has 1 aromatic heterocycles. The van der Waals surface area contributed by atoms with Gasteiger partial charge in [-0.05, 0) is 29.8 Å². The van der Waals surface area contributed by atoms with Crippen LogP contribution in [-0.4, -0.2) is 20.0 Å². The second-order valence-corrected chi connectivity index (χ2v) is 4.04. The molecule has 2 aromatic rings. The van der Waals surface area contributed by atoms with Gasteiger partial charge in [-0.15, -0.1) is 0 Å². The monoisotopic (exact) mass is 285 g/mol. The van der Waals surface area contributed by atoms with E-state index in [0.29, 0.717) is 0 Å². The quantitative estimate of drug-likeness (QED) is 0.833. The molecule has 0 fully saturated rings. The van der Waals surface area contributed by atoms with E-state index in [0.717, 1.165) is 10.9 Å². The lowest BCUT2D eigenvalue weighted by Crippen LogP contribution is -2.30. The minimum absolute atomic E-state index is 0.0516. The molecule has 0 saturated carbocycles. The molecule has 0 unspecified atom stereocenters. The Hall–Kier alpha value is -1.92. The van der Waals surface area contributed by atoms with Gasteiger partial charge in [-0.3, -0.25) is 14.6 Å². The van der Waals surface area contributed by atoms with Crippen LogP contribution in [-0.2, 0) is 0 Å². The SMILES string of the molecule is O=C(Cl)c1cc(-n2ncc(=O)[nH]c2=O)ccc1Cl. The molecule has 0 amide bonds. The van der Waals surface area contributed by atoms with E-state index in [1.54, 1.807) is 0 Å². The summed E-state index contributed by atoms with van der Waals surface area (Å²) in [6.07, 6.45) is 0.943. The van der Waals surface area contributed by atoms with E-state index in [1.807, 2.05) is 4.98 Å². The Bertz CT molecular complexity index is 736. The molecule has 6 nitrogen and oxygen atoms in total. The van der Waals surface area contributed by atoms with Gasteiger partial charge in [0, 0.05) is 0 Å². The zero-order chi connectivity index (χ0) is 13.3. The Morgan fingerprint density at radius 3 is 2.67 bits per heavy atom. The van der Waals surface area contributed by atoms with Crippen molar-refractivity contribution in [2.75, 3.05) is 0 Å². The van der Waals surface area contributed by atoms with Crippen molar-refractivity contribution in [1.82, 2.24) is 14.8 Å². The van der Waals surface area contributed by atoms with Crippen molar-refractivity contribution in [1.29, 1.82) is 0 Å². The average molecular weight is 286 g/mol. The highest BCUT2D eigenvalue weighted by atomic mass is 35.5. The van der Waals surface area contributed by atoms with Crippen molar-refractivity contribution in [3.8, 4) is 5.69 Å². The zero-order valence-corrected chi connectivity index (χ0v) is 10.2. The fraction of sp³-hybridized carbons (Fsp3) is 0. The summed E-state index contributed by atoms with van der Waals surface area (Å²) < 4.78 is 0.918. The van der Waals surface area contributed by atoms with Crippen LogP contribution >= 0.6 is 23.2 Å². The van der Waals surface area contributed by atoms with Gasteiger partial charge in [-0.1, -0.05) is 11.6 Å². The molecule has 0 radical (unpaired) electrons. The Labute approximate surface area is 110 Å². The molecule has 2 rings (SSSR count). The summed E-state index contributed by atoms with van der Waals surface area (Å²) in [5.74, 6) is 0. The minimum Gasteiger partial charge on any atom is -0.276 e. The molecule has 0 spiro atoms. The Morgan fingerprint density at radius 1 is 1.33 bits per heavy atom. The largest absolute Gasteiger partial charge is 0.349 e. The molecule has 1 N–H and O–H groups in total. The van der Waals surface area contributed by atoms with E-state index >= 15 is 0 Å². The summed E-state index contributed by atoms with van der Waals surface area (Å²) in [4.78, 5) is 35.5. The summed E-state index contributed by atoms with van der Waals surface area (Å²) in [7, 11) is 0. The number of rotatable bonds is 2. The van der Waals surface area contributed by atoms with Gasteiger partial charge in [-0.25, -0.2) is 4.79 Å². The number of halogens is 2. The number of carbonyl (C=O) groups excluding carboxylic acids is 1. The normalized spacial score (nSPS) is 10.3. The Morgan fingerprint density at radius 2 is 2.06 bits per heavy atom. The van der Waals surface area contributed by atoms with Crippen LogP contribution in [0.5, 0.6) is 0 Å². The highest BCUT2D eigenvalue weighted by Crippen LogP contribution is 2.20. The number of benzene rings is 1. The van der Waals surface area contributed by atoms with Gasteiger partial charge in [0.15, 0.2) is 0 Å². The Balaban J connectivity index is 2.65. The molecule has 0 aliphatic heterocycles. The molecular weight excluding hydrogens is 281 g/mol. The maximum Gasteiger partial charge on any atom is 0.349 e. The van der Waals surface area contributed by atoms with Crippen molar-refractivity contribution < 1.29 is 4.79 Å². The van der Waals surface area contributed by atoms with E-state index in [2.05, 4.69) is 5.10 Å². The van der Waals surface area contributed by atoms with Crippen molar-refractivity contribution in [2.45, 2.75) is 0 Å². The fourth-order valence-electron chi connectivity index (χ4n) is 1.33. The summed E-state index contributed by atoms with van der Waals surface area (Å²) in [6, 6.07) is 4.19. The van der Waals surface area contributed by atoms with Crippen molar-refractivity contribution in [3.05, 3.63) is 55.8 Å². The van der Waals surface area contributed by atoms with Gasteiger partial charge in [-0.2, -0.15) is 9.78 Å². The molecule has 0 bridgehead atoms. The first-order valence-corrected chi connectivity index (χ1v) is 5.43. The van der Waals surface area contributed by atoms with Gasteiger partial charge in [0.2, 0.25) is 0 Å². The summed E-state index contributed by atoms with van der Waals surface area (Å²) in [6.45, 7) is 0. The highest BCUT2D eigenvalue weighted by Gasteiger charge is 2.10.